The van der Waals surface area contributed by atoms with E-state index < -0.39 is 5.60 Å². The molecule has 1 fully saturated rings. The van der Waals surface area contributed by atoms with Gasteiger partial charge in [0.1, 0.15) is 23.0 Å². The first-order valence-electron chi connectivity index (χ1n) is 11.0. The van der Waals surface area contributed by atoms with E-state index in [1.165, 1.54) is 0 Å². The summed E-state index contributed by atoms with van der Waals surface area (Å²) in [5, 5.41) is 4.42. The molecule has 2 amide bonds. The number of aryl methyl sites for hydroxylation is 2. The van der Waals surface area contributed by atoms with Gasteiger partial charge in [-0.05, 0) is 39.7 Å². The topological polar surface area (TPSA) is 80.6 Å². The predicted octanol–water partition coefficient (Wildman–Crippen LogP) is 2.65. The van der Waals surface area contributed by atoms with Crippen LogP contribution >= 0.6 is 0 Å². The van der Waals surface area contributed by atoms with Crippen molar-refractivity contribution in [3.05, 3.63) is 41.5 Å². The van der Waals surface area contributed by atoms with Gasteiger partial charge < -0.3 is 14.5 Å². The zero-order chi connectivity index (χ0) is 22.2. The van der Waals surface area contributed by atoms with Gasteiger partial charge in [0.2, 0.25) is 11.8 Å². The van der Waals surface area contributed by atoms with Gasteiger partial charge in [0, 0.05) is 32.0 Å². The minimum atomic E-state index is -0.588. The highest BCUT2D eigenvalue weighted by Crippen LogP contribution is 2.35. The zero-order valence-corrected chi connectivity index (χ0v) is 18.8. The number of rotatable bonds is 3. The van der Waals surface area contributed by atoms with Crippen LogP contribution in [0.2, 0.25) is 0 Å². The van der Waals surface area contributed by atoms with Gasteiger partial charge in [-0.15, -0.1) is 0 Å². The second kappa shape index (κ2) is 8.32. The van der Waals surface area contributed by atoms with Gasteiger partial charge in [0.05, 0.1) is 19.1 Å². The molecule has 2 aliphatic heterocycles. The number of aromatic nitrogens is 3. The molecule has 0 radical (unpaired) electrons. The van der Waals surface area contributed by atoms with Crippen LogP contribution in [0, 0.1) is 13.8 Å². The van der Waals surface area contributed by atoms with E-state index in [4.69, 9.17) is 4.74 Å². The van der Waals surface area contributed by atoms with Crippen LogP contribution in [0.5, 0.6) is 5.75 Å². The number of carbonyl (C=O) groups excluding carboxylic acids is 2. The summed E-state index contributed by atoms with van der Waals surface area (Å²) in [4.78, 5) is 33.6. The molecule has 0 N–H and O–H groups in total. The van der Waals surface area contributed by atoms with E-state index in [1.807, 2.05) is 59.5 Å². The average molecular weight is 426 g/mol. The summed E-state index contributed by atoms with van der Waals surface area (Å²) in [6, 6.07) is 7.80. The van der Waals surface area contributed by atoms with Gasteiger partial charge in [0.15, 0.2) is 0 Å². The van der Waals surface area contributed by atoms with Crippen molar-refractivity contribution in [2.45, 2.75) is 65.1 Å². The molecule has 0 unspecified atom stereocenters. The number of hydrogen-bond donors (Lipinski definition) is 0. The SMILES string of the molecule is CC(=O)N1Cc2ccccc2O[C@]2(CCCN(C(=O)C[C@H](C)n3nc(C)nc3C)C2)C1. The third-order valence-corrected chi connectivity index (χ3v) is 6.27. The minimum Gasteiger partial charge on any atom is -0.483 e. The van der Waals surface area contributed by atoms with Gasteiger partial charge >= 0.3 is 0 Å². The number of para-hydroxylation sites is 1. The maximum Gasteiger partial charge on any atom is 0.224 e. The maximum atomic E-state index is 13.2. The molecule has 8 nitrogen and oxygen atoms in total. The van der Waals surface area contributed by atoms with E-state index in [0.717, 1.165) is 30.0 Å². The Hall–Kier alpha value is -2.90. The van der Waals surface area contributed by atoms with Crippen LogP contribution in [-0.4, -0.2) is 61.6 Å². The Kier molecular flexibility index (Phi) is 5.73. The van der Waals surface area contributed by atoms with Crippen LogP contribution in [0.15, 0.2) is 24.3 Å². The molecule has 2 aliphatic rings. The van der Waals surface area contributed by atoms with Crippen molar-refractivity contribution in [2.75, 3.05) is 19.6 Å². The first kappa shape index (κ1) is 21.3. The molecule has 1 saturated heterocycles. The highest BCUT2D eigenvalue weighted by atomic mass is 16.5. The van der Waals surface area contributed by atoms with Gasteiger partial charge in [-0.2, -0.15) is 5.10 Å². The Morgan fingerprint density at radius 2 is 1.94 bits per heavy atom. The van der Waals surface area contributed by atoms with Crippen molar-refractivity contribution in [2.24, 2.45) is 0 Å². The number of piperidine rings is 1. The smallest absolute Gasteiger partial charge is 0.224 e. The zero-order valence-electron chi connectivity index (χ0n) is 18.8. The van der Waals surface area contributed by atoms with Crippen molar-refractivity contribution >= 4 is 11.8 Å². The summed E-state index contributed by atoms with van der Waals surface area (Å²) in [7, 11) is 0. The Labute approximate surface area is 183 Å². The van der Waals surface area contributed by atoms with Gasteiger partial charge in [0.25, 0.3) is 0 Å². The molecular weight excluding hydrogens is 394 g/mol. The monoisotopic (exact) mass is 425 g/mol. The van der Waals surface area contributed by atoms with Crippen LogP contribution in [0.4, 0.5) is 0 Å². The summed E-state index contributed by atoms with van der Waals surface area (Å²) in [6.45, 7) is 9.55. The van der Waals surface area contributed by atoms with Crippen molar-refractivity contribution in [1.82, 2.24) is 24.6 Å². The Morgan fingerprint density at radius 1 is 1.19 bits per heavy atom. The summed E-state index contributed by atoms with van der Waals surface area (Å²) in [5.41, 5.74) is 0.415. The van der Waals surface area contributed by atoms with E-state index in [0.29, 0.717) is 38.4 Å². The predicted molar refractivity (Wildman–Crippen MR) is 116 cm³/mol. The molecule has 31 heavy (non-hydrogen) atoms. The number of amides is 2. The number of fused-ring (bicyclic) bond motifs is 1. The minimum absolute atomic E-state index is 0.0220. The van der Waals surface area contributed by atoms with Gasteiger partial charge in [-0.3, -0.25) is 9.59 Å². The standard InChI is InChI=1S/C23H31N5O3/c1-16(28-18(3)24-17(2)25-28)12-22(30)26-11-7-10-23(14-26)15-27(19(4)29)13-20-8-5-6-9-21(20)31-23/h5-6,8-9,16H,7,10-15H2,1-4H3/t16-,23-/m0/s1. The van der Waals surface area contributed by atoms with Crippen molar-refractivity contribution in [3.63, 3.8) is 0 Å². The summed E-state index contributed by atoms with van der Waals surface area (Å²) in [5.74, 6) is 2.43. The largest absolute Gasteiger partial charge is 0.483 e. The summed E-state index contributed by atoms with van der Waals surface area (Å²) >= 11 is 0. The van der Waals surface area contributed by atoms with E-state index in [1.54, 1.807) is 6.92 Å². The first-order chi connectivity index (χ1) is 14.8. The fraction of sp³-hybridized carbons (Fsp3) is 0.565. The van der Waals surface area contributed by atoms with Crippen LogP contribution in [0.1, 0.15) is 56.4 Å². The van der Waals surface area contributed by atoms with E-state index >= 15 is 0 Å². The Bertz CT molecular complexity index is 987. The van der Waals surface area contributed by atoms with Crippen molar-refractivity contribution < 1.29 is 14.3 Å². The third-order valence-electron chi connectivity index (χ3n) is 6.27. The molecule has 1 aromatic carbocycles. The number of benzene rings is 1. The molecule has 0 bridgehead atoms. The van der Waals surface area contributed by atoms with E-state index in [2.05, 4.69) is 10.1 Å². The fourth-order valence-electron chi connectivity index (χ4n) is 4.78. The average Bonchev–Trinajstić information content (AvgIpc) is 2.97. The second-order valence-corrected chi connectivity index (χ2v) is 8.89. The van der Waals surface area contributed by atoms with Gasteiger partial charge in [-0.1, -0.05) is 18.2 Å². The number of likely N-dealkylation sites (tertiary alicyclic amines) is 1. The lowest BCUT2D eigenvalue weighted by molar-refractivity contribution is -0.140. The first-order valence-corrected chi connectivity index (χ1v) is 11.0. The lowest BCUT2D eigenvalue weighted by Crippen LogP contribution is -2.58. The highest BCUT2D eigenvalue weighted by Gasteiger charge is 2.43. The Morgan fingerprint density at radius 3 is 2.65 bits per heavy atom. The molecule has 166 valence electrons. The lowest BCUT2D eigenvalue weighted by atomic mass is 9.91. The quantitative estimate of drug-likeness (QED) is 0.755. The molecule has 4 rings (SSSR count). The number of ether oxygens (including phenoxy) is 1. The molecule has 1 aromatic heterocycles. The second-order valence-electron chi connectivity index (χ2n) is 8.89. The molecule has 2 atom stereocenters. The molecule has 1 spiro atoms. The summed E-state index contributed by atoms with van der Waals surface area (Å²) in [6.07, 6.45) is 2.01. The maximum absolute atomic E-state index is 13.2. The molecular formula is C23H31N5O3. The van der Waals surface area contributed by atoms with Crippen LogP contribution in [0.3, 0.4) is 0 Å². The molecule has 0 aliphatic carbocycles. The van der Waals surface area contributed by atoms with E-state index in [9.17, 15) is 9.59 Å². The van der Waals surface area contributed by atoms with Crippen molar-refractivity contribution in [3.8, 4) is 5.75 Å². The van der Waals surface area contributed by atoms with Gasteiger partial charge in [-0.25, -0.2) is 9.67 Å². The normalized spacial score (nSPS) is 21.9. The van der Waals surface area contributed by atoms with E-state index in [-0.39, 0.29) is 17.9 Å². The molecule has 2 aromatic rings. The fourth-order valence-corrected chi connectivity index (χ4v) is 4.78. The van der Waals surface area contributed by atoms with Crippen LogP contribution < -0.4 is 4.74 Å². The van der Waals surface area contributed by atoms with Crippen LogP contribution in [-0.2, 0) is 16.1 Å². The van der Waals surface area contributed by atoms with Crippen LogP contribution in [0.25, 0.3) is 0 Å². The number of hydrogen-bond acceptors (Lipinski definition) is 5. The molecule has 0 saturated carbocycles. The molecule has 8 heteroatoms. The molecule has 3 heterocycles. The third kappa shape index (κ3) is 4.43. The Balaban J connectivity index is 1.53. The lowest BCUT2D eigenvalue weighted by Gasteiger charge is -2.43. The number of carbonyl (C=O) groups is 2. The van der Waals surface area contributed by atoms with Crippen molar-refractivity contribution in [1.29, 1.82) is 0 Å². The number of nitrogens with zero attached hydrogens (tertiary/aromatic N) is 5. The summed E-state index contributed by atoms with van der Waals surface area (Å²) < 4.78 is 8.37. The highest BCUT2D eigenvalue weighted by molar-refractivity contribution is 5.77.